The minimum absolute atomic E-state index is 0.156. The van der Waals surface area contributed by atoms with Crippen molar-refractivity contribution in [1.29, 1.82) is 0 Å². The predicted molar refractivity (Wildman–Crippen MR) is 105 cm³/mol. The van der Waals surface area contributed by atoms with E-state index in [-0.39, 0.29) is 5.91 Å². The minimum atomic E-state index is -0.156. The quantitative estimate of drug-likeness (QED) is 0.452. The molecule has 0 saturated heterocycles. The van der Waals surface area contributed by atoms with Crippen LogP contribution in [0.4, 0.5) is 5.13 Å². The molecule has 8 heteroatoms. The van der Waals surface area contributed by atoms with Gasteiger partial charge in [-0.2, -0.15) is 11.8 Å². The molecule has 0 aliphatic rings. The molecule has 0 aliphatic heterocycles. The van der Waals surface area contributed by atoms with E-state index < -0.39 is 0 Å². The summed E-state index contributed by atoms with van der Waals surface area (Å²) in [5, 5.41) is 13.6. The Morgan fingerprint density at radius 1 is 1.17 bits per heavy atom. The number of aromatic nitrogens is 2. The summed E-state index contributed by atoms with van der Waals surface area (Å²) in [6, 6.07) is 11.8. The first-order valence-electron chi connectivity index (χ1n) is 7.12. The molecule has 0 radical (unpaired) electrons. The fourth-order valence-corrected chi connectivity index (χ4v) is 4.98. The molecule has 2 heterocycles. The molecule has 0 fully saturated rings. The second-order valence-electron chi connectivity index (χ2n) is 4.83. The molecule has 0 atom stereocenters. The van der Waals surface area contributed by atoms with Gasteiger partial charge in [0.2, 0.25) is 5.13 Å². The predicted octanol–water partition coefficient (Wildman–Crippen LogP) is 5.01. The van der Waals surface area contributed by atoms with Crippen molar-refractivity contribution < 1.29 is 4.79 Å². The van der Waals surface area contributed by atoms with Crippen molar-refractivity contribution >= 4 is 57.2 Å². The minimum Gasteiger partial charge on any atom is -0.296 e. The van der Waals surface area contributed by atoms with Crippen LogP contribution in [0.25, 0.3) is 0 Å². The first kappa shape index (κ1) is 17.5. The Bertz CT molecular complexity index is 784. The first-order chi connectivity index (χ1) is 11.7. The van der Waals surface area contributed by atoms with Crippen molar-refractivity contribution in [1.82, 2.24) is 10.2 Å². The maximum Gasteiger partial charge on any atom is 0.257 e. The smallest absolute Gasteiger partial charge is 0.257 e. The van der Waals surface area contributed by atoms with E-state index in [0.29, 0.717) is 10.7 Å². The fraction of sp³-hybridized carbons (Fsp3) is 0.188. The third-order valence-corrected chi connectivity index (χ3v) is 6.77. The van der Waals surface area contributed by atoms with Gasteiger partial charge in [0, 0.05) is 21.9 Å². The molecule has 1 aromatic carbocycles. The number of anilines is 1. The zero-order valence-electron chi connectivity index (χ0n) is 12.9. The number of carbonyl (C=O) groups excluding carboxylic acids is 1. The maximum absolute atomic E-state index is 12.3. The molecule has 1 amide bonds. The Morgan fingerprint density at radius 3 is 2.71 bits per heavy atom. The van der Waals surface area contributed by atoms with Gasteiger partial charge >= 0.3 is 0 Å². The number of thioether (sulfide) groups is 2. The molecule has 4 nitrogen and oxygen atoms in total. The summed E-state index contributed by atoms with van der Waals surface area (Å²) in [4.78, 5) is 13.6. The number of thiophene rings is 1. The number of benzene rings is 1. The Morgan fingerprint density at radius 2 is 2.00 bits per heavy atom. The highest BCUT2D eigenvalue weighted by Gasteiger charge is 2.11. The lowest BCUT2D eigenvalue weighted by atomic mass is 10.1. The molecular weight excluding hydrogens is 378 g/mol. The molecule has 3 aromatic rings. The number of hydrogen-bond acceptors (Lipinski definition) is 7. The van der Waals surface area contributed by atoms with E-state index in [0.717, 1.165) is 15.8 Å². The largest absolute Gasteiger partial charge is 0.296 e. The third kappa shape index (κ3) is 4.83. The number of rotatable bonds is 7. The van der Waals surface area contributed by atoms with Crippen LogP contribution in [-0.2, 0) is 11.5 Å². The summed E-state index contributed by atoms with van der Waals surface area (Å²) in [5.41, 5.74) is 1.84. The van der Waals surface area contributed by atoms with Gasteiger partial charge in [0.25, 0.3) is 5.91 Å². The highest BCUT2D eigenvalue weighted by Crippen LogP contribution is 2.29. The van der Waals surface area contributed by atoms with Crippen LogP contribution in [0.15, 0.2) is 46.1 Å². The molecule has 24 heavy (non-hydrogen) atoms. The molecule has 0 saturated carbocycles. The van der Waals surface area contributed by atoms with Crippen LogP contribution in [0.2, 0.25) is 0 Å². The maximum atomic E-state index is 12.3. The molecule has 0 aliphatic carbocycles. The van der Waals surface area contributed by atoms with Gasteiger partial charge in [0.1, 0.15) is 0 Å². The molecule has 3 rings (SSSR count). The summed E-state index contributed by atoms with van der Waals surface area (Å²) < 4.78 is 0.856. The summed E-state index contributed by atoms with van der Waals surface area (Å²) in [7, 11) is 0. The second kappa shape index (κ2) is 8.66. The van der Waals surface area contributed by atoms with Crippen LogP contribution in [0.3, 0.4) is 0 Å². The van der Waals surface area contributed by atoms with Gasteiger partial charge in [-0.05, 0) is 35.4 Å². The van der Waals surface area contributed by atoms with Crippen molar-refractivity contribution in [3.63, 3.8) is 0 Å². The zero-order valence-corrected chi connectivity index (χ0v) is 16.2. The molecule has 1 N–H and O–H groups in total. The Balaban J connectivity index is 1.56. The normalized spacial score (nSPS) is 10.7. The van der Waals surface area contributed by atoms with Crippen molar-refractivity contribution in [2.24, 2.45) is 0 Å². The van der Waals surface area contributed by atoms with Gasteiger partial charge in [-0.1, -0.05) is 41.3 Å². The lowest BCUT2D eigenvalue weighted by molar-refractivity contribution is 0.102. The van der Waals surface area contributed by atoms with Gasteiger partial charge in [-0.3, -0.25) is 10.1 Å². The first-order valence-corrected chi connectivity index (χ1v) is 11.2. The topological polar surface area (TPSA) is 54.9 Å². The number of nitrogens with one attached hydrogen (secondary N) is 1. The lowest BCUT2D eigenvalue weighted by Gasteiger charge is -2.02. The standard InChI is InChI=1S/C16H15N3OS4/c1-21-9-11-4-6-12(7-5-11)14(20)17-15-18-19-16(24-15)23-10-13-3-2-8-22-13/h2-8H,9-10H2,1H3,(H,17,18,20). The van der Waals surface area contributed by atoms with Crippen LogP contribution in [0.5, 0.6) is 0 Å². The number of nitrogens with zero attached hydrogens (tertiary/aromatic N) is 2. The van der Waals surface area contributed by atoms with Gasteiger partial charge < -0.3 is 0 Å². The monoisotopic (exact) mass is 393 g/mol. The van der Waals surface area contributed by atoms with E-state index in [2.05, 4.69) is 33.2 Å². The average molecular weight is 394 g/mol. The van der Waals surface area contributed by atoms with Crippen LogP contribution in [-0.4, -0.2) is 22.4 Å². The number of amides is 1. The van der Waals surface area contributed by atoms with Gasteiger partial charge in [0.15, 0.2) is 4.34 Å². The zero-order chi connectivity index (χ0) is 16.8. The van der Waals surface area contributed by atoms with E-state index in [1.807, 2.05) is 30.3 Å². The van der Waals surface area contributed by atoms with E-state index in [1.54, 1.807) is 34.9 Å². The van der Waals surface area contributed by atoms with Crippen LogP contribution in [0, 0.1) is 0 Å². The van der Waals surface area contributed by atoms with Gasteiger partial charge in [0.05, 0.1) is 0 Å². The lowest BCUT2D eigenvalue weighted by Crippen LogP contribution is -2.11. The second-order valence-corrected chi connectivity index (χ2v) is 8.92. The summed E-state index contributed by atoms with van der Waals surface area (Å²) in [6.45, 7) is 0. The molecule has 0 unspecified atom stereocenters. The average Bonchev–Trinajstić information content (AvgIpc) is 3.25. The summed E-state index contributed by atoms with van der Waals surface area (Å²) in [5.74, 6) is 1.66. The van der Waals surface area contributed by atoms with E-state index in [1.165, 1.54) is 21.8 Å². The highest BCUT2D eigenvalue weighted by molar-refractivity contribution is 8.00. The Hall–Kier alpha value is -1.35. The molecule has 0 spiro atoms. The number of carbonyl (C=O) groups is 1. The van der Waals surface area contributed by atoms with Crippen LogP contribution >= 0.6 is 46.2 Å². The molecular formula is C16H15N3OS4. The highest BCUT2D eigenvalue weighted by atomic mass is 32.2. The third-order valence-electron chi connectivity index (χ3n) is 3.07. The van der Waals surface area contributed by atoms with Crippen LogP contribution in [0.1, 0.15) is 20.8 Å². The van der Waals surface area contributed by atoms with E-state index in [4.69, 9.17) is 0 Å². The van der Waals surface area contributed by atoms with Crippen LogP contribution < -0.4 is 5.32 Å². The fourth-order valence-electron chi connectivity index (χ4n) is 1.93. The van der Waals surface area contributed by atoms with Crippen molar-refractivity contribution in [2.75, 3.05) is 11.6 Å². The molecule has 124 valence electrons. The van der Waals surface area contributed by atoms with Gasteiger partial charge in [-0.25, -0.2) is 0 Å². The van der Waals surface area contributed by atoms with Gasteiger partial charge in [-0.15, -0.1) is 21.5 Å². The number of hydrogen-bond donors (Lipinski definition) is 1. The Labute approximate surface area is 157 Å². The summed E-state index contributed by atoms with van der Waals surface area (Å²) >= 11 is 6.52. The Kier molecular flexibility index (Phi) is 6.30. The van der Waals surface area contributed by atoms with E-state index in [9.17, 15) is 4.79 Å². The van der Waals surface area contributed by atoms with E-state index >= 15 is 0 Å². The van der Waals surface area contributed by atoms with Crippen molar-refractivity contribution in [3.05, 3.63) is 57.8 Å². The SMILES string of the molecule is CSCc1ccc(C(=O)Nc2nnc(SCc3cccs3)s2)cc1. The summed E-state index contributed by atoms with van der Waals surface area (Å²) in [6.07, 6.45) is 2.06. The van der Waals surface area contributed by atoms with Crippen molar-refractivity contribution in [2.45, 2.75) is 15.8 Å². The molecule has 2 aromatic heterocycles. The van der Waals surface area contributed by atoms with Crippen molar-refractivity contribution in [3.8, 4) is 0 Å². The molecule has 0 bridgehead atoms.